The summed E-state index contributed by atoms with van der Waals surface area (Å²) >= 11 is -2.86. The van der Waals surface area contributed by atoms with E-state index >= 15 is 0 Å². The third kappa shape index (κ3) is 75.9. The third-order valence-corrected chi connectivity index (χ3v) is 0.365. The van der Waals surface area contributed by atoms with Crippen LogP contribution >= 0.6 is 0 Å². The minimum Gasteiger partial charge on any atom is -0.750 e. The summed E-state index contributed by atoms with van der Waals surface area (Å²) in [6.45, 7) is 10.1. The predicted molar refractivity (Wildman–Crippen MR) is 49.6 cm³/mol. The molecule has 1 atom stereocenters. The molecule has 0 saturated heterocycles. The van der Waals surface area contributed by atoms with Gasteiger partial charge in [-0.3, -0.25) is 0 Å². The summed E-state index contributed by atoms with van der Waals surface area (Å²) in [5.41, 5.74) is 0.176. The van der Waals surface area contributed by atoms with Gasteiger partial charge in [0.05, 0.1) is 11.4 Å². The number of hydrogen-bond donors (Lipinski definition) is 2. The molecule has 0 aromatic heterocycles. The molecule has 0 fully saturated rings. The van der Waals surface area contributed by atoms with Gasteiger partial charge in [-0.15, -0.1) is 0 Å². The summed E-state index contributed by atoms with van der Waals surface area (Å²) in [5.74, 6) is -0.935. The molecule has 80 valence electrons. The normalized spacial score (nSPS) is 8.93. The van der Waals surface area contributed by atoms with E-state index in [2.05, 4.69) is 13.5 Å². The van der Waals surface area contributed by atoms with Crippen LogP contribution in [0.3, 0.4) is 0 Å². The second-order valence-corrected chi connectivity index (χ2v) is 2.24. The molecule has 0 aliphatic rings. The van der Waals surface area contributed by atoms with Crippen molar-refractivity contribution in [1.82, 2.24) is 0 Å². The topological polar surface area (TPSA) is 97.7 Å². The molecule has 0 aliphatic carbocycles. The standard InChI is InChI=1S/C4H6O2.C3H7.K.H2O3S/c1-3(2)4(5)6;1-3-2;;1-4(2)3/h1H2,2H3,(H,5,6);1,3H2,2H3;;(H2,1,2,3)/q;-1;+1;/p-1. The molecule has 0 bridgehead atoms. The molecule has 0 aromatic rings. The molecular weight excluding hydrogens is 235 g/mol. The van der Waals surface area contributed by atoms with Crippen LogP contribution in [0.15, 0.2) is 12.2 Å². The molecule has 1 unspecified atom stereocenters. The van der Waals surface area contributed by atoms with Crippen LogP contribution in [0, 0.1) is 6.92 Å². The molecule has 7 heteroatoms. The molecule has 0 heterocycles. The van der Waals surface area contributed by atoms with E-state index in [1.54, 1.807) is 0 Å². The Morgan fingerprint density at radius 2 is 1.71 bits per heavy atom. The van der Waals surface area contributed by atoms with Crippen LogP contribution < -0.4 is 51.4 Å². The second-order valence-electron chi connectivity index (χ2n) is 1.80. The summed E-state index contributed by atoms with van der Waals surface area (Å²) in [6.07, 6.45) is 1.00. The van der Waals surface area contributed by atoms with Crippen LogP contribution in [0.4, 0.5) is 0 Å². The Labute approximate surface area is 130 Å². The van der Waals surface area contributed by atoms with Crippen LogP contribution in [0.5, 0.6) is 0 Å². The maximum atomic E-state index is 9.60. The van der Waals surface area contributed by atoms with Gasteiger partial charge in [-0.2, -0.15) is 6.42 Å². The van der Waals surface area contributed by atoms with Gasteiger partial charge in [0.25, 0.3) is 0 Å². The maximum Gasteiger partial charge on any atom is 1.00 e. The van der Waals surface area contributed by atoms with Gasteiger partial charge in [-0.1, -0.05) is 13.5 Å². The minimum atomic E-state index is -2.86. The summed E-state index contributed by atoms with van der Waals surface area (Å²) in [4.78, 5) is 9.60. The van der Waals surface area contributed by atoms with Crippen LogP contribution in [0.2, 0.25) is 0 Å². The van der Waals surface area contributed by atoms with Crippen molar-refractivity contribution >= 4 is 17.3 Å². The van der Waals surface area contributed by atoms with Crippen molar-refractivity contribution in [3.05, 3.63) is 19.1 Å². The van der Waals surface area contributed by atoms with Gasteiger partial charge in [0.2, 0.25) is 0 Å². The zero-order valence-electron chi connectivity index (χ0n) is 8.65. The van der Waals surface area contributed by atoms with Gasteiger partial charge in [0.1, 0.15) is 0 Å². The average molecular weight is 249 g/mol. The van der Waals surface area contributed by atoms with Crippen LogP contribution in [0.1, 0.15) is 20.3 Å². The fourth-order valence-corrected chi connectivity index (χ4v) is 0. The average Bonchev–Trinajstić information content (AvgIpc) is 1.87. The van der Waals surface area contributed by atoms with Crippen molar-refractivity contribution < 1.29 is 74.6 Å². The van der Waals surface area contributed by atoms with E-state index in [9.17, 15) is 4.79 Å². The number of carboxylic acid groups (broad SMARTS) is 1. The van der Waals surface area contributed by atoms with Crippen molar-refractivity contribution in [1.29, 1.82) is 0 Å². The van der Waals surface area contributed by atoms with Crippen molar-refractivity contribution in [2.75, 3.05) is 0 Å². The quantitative estimate of drug-likeness (QED) is 0.248. The van der Waals surface area contributed by atoms with Crippen molar-refractivity contribution in [2.24, 2.45) is 0 Å². The first-order valence-electron chi connectivity index (χ1n) is 3.25. The molecule has 0 amide bonds. The van der Waals surface area contributed by atoms with E-state index in [0.717, 1.165) is 6.42 Å². The smallest absolute Gasteiger partial charge is 0.750 e. The van der Waals surface area contributed by atoms with Crippen molar-refractivity contribution in [2.45, 2.75) is 20.3 Å². The fraction of sp³-hybridized carbons (Fsp3) is 0.429. The first-order chi connectivity index (χ1) is 5.79. The van der Waals surface area contributed by atoms with E-state index in [0.29, 0.717) is 0 Å². The molecule has 0 aliphatic heterocycles. The number of aliphatic carboxylic acids is 1. The Kier molecular flexibility index (Phi) is 33.7. The van der Waals surface area contributed by atoms with E-state index < -0.39 is 17.3 Å². The Morgan fingerprint density at radius 1 is 1.64 bits per heavy atom. The Balaban J connectivity index is -0.0000000553. The Hall–Kier alpha value is 0.916. The Bertz CT molecular complexity index is 155. The van der Waals surface area contributed by atoms with Gasteiger partial charge in [0.15, 0.2) is 0 Å². The minimum absolute atomic E-state index is 0. The summed E-state index contributed by atoms with van der Waals surface area (Å²) in [7, 11) is 0. The molecule has 0 rings (SSSR count). The van der Waals surface area contributed by atoms with E-state index in [1.807, 2.05) is 6.92 Å². The molecule has 14 heavy (non-hydrogen) atoms. The van der Waals surface area contributed by atoms with Crippen molar-refractivity contribution in [3.63, 3.8) is 0 Å². The molecule has 0 saturated carbocycles. The molecule has 5 nitrogen and oxygen atoms in total. The number of carbonyl (C=O) groups is 1. The summed E-state index contributed by atoms with van der Waals surface area (Å²) < 4.78 is 24.1. The monoisotopic (exact) mass is 249 g/mol. The third-order valence-electron chi connectivity index (χ3n) is 0.365. The zero-order valence-corrected chi connectivity index (χ0v) is 12.6. The van der Waals surface area contributed by atoms with E-state index in [-0.39, 0.29) is 57.0 Å². The number of hydrogen-bond acceptors (Lipinski definition) is 3. The Morgan fingerprint density at radius 3 is 1.71 bits per heavy atom. The second kappa shape index (κ2) is 19.5. The zero-order chi connectivity index (χ0) is 11.4. The van der Waals surface area contributed by atoms with Crippen LogP contribution in [-0.4, -0.2) is 24.4 Å². The predicted octanol–water partition coefficient (Wildman–Crippen LogP) is -1.78. The van der Waals surface area contributed by atoms with E-state index in [4.69, 9.17) is 18.4 Å². The first kappa shape index (κ1) is 24.2. The molecule has 0 spiro atoms. The van der Waals surface area contributed by atoms with E-state index in [1.165, 1.54) is 6.92 Å². The fourth-order valence-electron chi connectivity index (χ4n) is 0. The van der Waals surface area contributed by atoms with Crippen molar-refractivity contribution in [3.8, 4) is 0 Å². The number of rotatable bonds is 1. The molecule has 0 radical (unpaired) electrons. The van der Waals surface area contributed by atoms with Gasteiger partial charge in [-0.25, -0.2) is 9.00 Å². The number of carboxylic acids is 1. The van der Waals surface area contributed by atoms with Gasteiger partial charge < -0.3 is 21.1 Å². The van der Waals surface area contributed by atoms with Gasteiger partial charge in [0, 0.05) is 5.57 Å². The van der Waals surface area contributed by atoms with Crippen LogP contribution in [-0.2, 0) is 16.2 Å². The summed E-state index contributed by atoms with van der Waals surface area (Å²) in [6, 6.07) is 0. The SMILES string of the molecule is C=C(C)C(=O)O.O=S([O-])O.[CH2-]CC.[K+]. The van der Waals surface area contributed by atoms with Gasteiger partial charge >= 0.3 is 57.4 Å². The maximum absolute atomic E-state index is 9.60. The summed E-state index contributed by atoms with van der Waals surface area (Å²) in [5, 5.41) is 7.89. The van der Waals surface area contributed by atoms with Gasteiger partial charge in [-0.05, 0) is 6.92 Å². The van der Waals surface area contributed by atoms with Crippen LogP contribution in [0.25, 0.3) is 0 Å². The first-order valence-corrected chi connectivity index (χ1v) is 4.29. The molecule has 2 N–H and O–H groups in total. The molecule has 0 aromatic carbocycles. The largest absolute Gasteiger partial charge is 1.00 e. The molecular formula is C7H14KO5S-.